The van der Waals surface area contributed by atoms with E-state index in [1.54, 1.807) is 0 Å². The molecule has 0 aliphatic carbocycles. The lowest BCUT2D eigenvalue weighted by Gasteiger charge is -2.11. The van der Waals surface area contributed by atoms with Crippen molar-refractivity contribution in [3.8, 4) is 0 Å². The standard InChI is InChI=1S/C13H18F2N2O/c1-8(7-16)3-6-11(18)17-13-10(14)5-4-9(2)12(13)15/h4-5,8H,3,6-7,16H2,1-2H3,(H,17,18). The largest absolute Gasteiger partial charge is 0.330 e. The summed E-state index contributed by atoms with van der Waals surface area (Å²) in [5, 5.41) is 2.27. The van der Waals surface area contributed by atoms with Gasteiger partial charge in [-0.2, -0.15) is 0 Å². The van der Waals surface area contributed by atoms with E-state index < -0.39 is 17.5 Å². The van der Waals surface area contributed by atoms with Crippen molar-refractivity contribution in [2.45, 2.75) is 26.7 Å². The summed E-state index contributed by atoms with van der Waals surface area (Å²) in [7, 11) is 0. The van der Waals surface area contributed by atoms with Crippen molar-refractivity contribution < 1.29 is 13.6 Å². The fourth-order valence-electron chi connectivity index (χ4n) is 1.47. The quantitative estimate of drug-likeness (QED) is 0.850. The van der Waals surface area contributed by atoms with Gasteiger partial charge in [-0.3, -0.25) is 4.79 Å². The van der Waals surface area contributed by atoms with Gasteiger partial charge in [0, 0.05) is 6.42 Å². The van der Waals surface area contributed by atoms with Gasteiger partial charge in [-0.25, -0.2) is 8.78 Å². The average Bonchev–Trinajstić information content (AvgIpc) is 2.36. The molecule has 0 heterocycles. The van der Waals surface area contributed by atoms with Crippen molar-refractivity contribution in [1.82, 2.24) is 0 Å². The van der Waals surface area contributed by atoms with Gasteiger partial charge in [0.05, 0.1) is 0 Å². The normalized spacial score (nSPS) is 12.3. The number of rotatable bonds is 5. The van der Waals surface area contributed by atoms with E-state index >= 15 is 0 Å². The number of benzene rings is 1. The Morgan fingerprint density at radius 2 is 2.11 bits per heavy atom. The van der Waals surface area contributed by atoms with E-state index in [9.17, 15) is 13.6 Å². The third-order valence-corrected chi connectivity index (χ3v) is 2.82. The van der Waals surface area contributed by atoms with Gasteiger partial charge in [-0.05, 0) is 37.4 Å². The van der Waals surface area contributed by atoms with Gasteiger partial charge >= 0.3 is 0 Å². The molecule has 1 amide bonds. The Hall–Kier alpha value is -1.49. The van der Waals surface area contributed by atoms with E-state index in [0.29, 0.717) is 18.5 Å². The maximum Gasteiger partial charge on any atom is 0.224 e. The van der Waals surface area contributed by atoms with Gasteiger partial charge in [0.2, 0.25) is 5.91 Å². The highest BCUT2D eigenvalue weighted by Gasteiger charge is 2.14. The van der Waals surface area contributed by atoms with Gasteiger partial charge in [0.1, 0.15) is 11.5 Å². The minimum Gasteiger partial charge on any atom is -0.330 e. The molecule has 5 heteroatoms. The first-order valence-electron chi connectivity index (χ1n) is 5.90. The summed E-state index contributed by atoms with van der Waals surface area (Å²) in [6.07, 6.45) is 0.794. The van der Waals surface area contributed by atoms with Crippen LogP contribution in [0.3, 0.4) is 0 Å². The van der Waals surface area contributed by atoms with Crippen molar-refractivity contribution in [2.24, 2.45) is 11.7 Å². The Labute approximate surface area is 105 Å². The molecular weight excluding hydrogens is 238 g/mol. The molecule has 0 saturated heterocycles. The molecule has 0 spiro atoms. The van der Waals surface area contributed by atoms with Crippen LogP contribution in [0.4, 0.5) is 14.5 Å². The SMILES string of the molecule is Cc1ccc(F)c(NC(=O)CCC(C)CN)c1F. The monoisotopic (exact) mass is 256 g/mol. The van der Waals surface area contributed by atoms with Gasteiger partial charge in [0.25, 0.3) is 0 Å². The average molecular weight is 256 g/mol. The summed E-state index contributed by atoms with van der Waals surface area (Å²) < 4.78 is 27.0. The molecule has 1 aromatic carbocycles. The van der Waals surface area contributed by atoms with E-state index in [1.807, 2.05) is 6.92 Å². The molecule has 3 nitrogen and oxygen atoms in total. The first-order chi connectivity index (χ1) is 8.45. The number of aryl methyl sites for hydroxylation is 1. The number of amides is 1. The van der Waals surface area contributed by atoms with E-state index in [-0.39, 0.29) is 18.0 Å². The second-order valence-electron chi connectivity index (χ2n) is 4.48. The molecule has 1 rings (SSSR count). The summed E-state index contributed by atoms with van der Waals surface area (Å²) >= 11 is 0. The third kappa shape index (κ3) is 3.77. The van der Waals surface area contributed by atoms with Crippen LogP contribution in [0.2, 0.25) is 0 Å². The molecule has 1 aromatic rings. The molecule has 0 fully saturated rings. The Morgan fingerprint density at radius 1 is 1.44 bits per heavy atom. The molecule has 0 aromatic heterocycles. The molecule has 18 heavy (non-hydrogen) atoms. The lowest BCUT2D eigenvalue weighted by atomic mass is 10.1. The third-order valence-electron chi connectivity index (χ3n) is 2.82. The number of nitrogens with two attached hydrogens (primary N) is 1. The summed E-state index contributed by atoms with van der Waals surface area (Å²) in [6, 6.07) is 2.47. The number of carbonyl (C=O) groups excluding carboxylic acids is 1. The van der Waals surface area contributed by atoms with E-state index in [2.05, 4.69) is 5.32 Å². The summed E-state index contributed by atoms with van der Waals surface area (Å²) in [4.78, 5) is 11.6. The molecule has 1 atom stereocenters. The van der Waals surface area contributed by atoms with Crippen LogP contribution in [0.15, 0.2) is 12.1 Å². The summed E-state index contributed by atoms with van der Waals surface area (Å²) in [6.45, 7) is 3.92. The minimum absolute atomic E-state index is 0.200. The maximum absolute atomic E-state index is 13.6. The summed E-state index contributed by atoms with van der Waals surface area (Å²) in [5.41, 5.74) is 5.35. The van der Waals surface area contributed by atoms with Crippen LogP contribution in [0, 0.1) is 24.5 Å². The molecule has 0 aliphatic rings. The van der Waals surface area contributed by atoms with Crippen molar-refractivity contribution >= 4 is 11.6 Å². The Balaban J connectivity index is 2.68. The number of carbonyl (C=O) groups is 1. The smallest absolute Gasteiger partial charge is 0.224 e. The highest BCUT2D eigenvalue weighted by Crippen LogP contribution is 2.22. The Kier molecular flexibility index (Phi) is 5.22. The van der Waals surface area contributed by atoms with Gasteiger partial charge in [-0.1, -0.05) is 13.0 Å². The lowest BCUT2D eigenvalue weighted by Crippen LogP contribution is -2.17. The van der Waals surface area contributed by atoms with Gasteiger partial charge < -0.3 is 11.1 Å². The Bertz CT molecular complexity index is 435. The highest BCUT2D eigenvalue weighted by molar-refractivity contribution is 5.91. The van der Waals surface area contributed by atoms with Crippen LogP contribution in [0.1, 0.15) is 25.3 Å². The predicted molar refractivity (Wildman–Crippen MR) is 67.2 cm³/mol. The van der Waals surface area contributed by atoms with Crippen molar-refractivity contribution in [3.05, 3.63) is 29.3 Å². The van der Waals surface area contributed by atoms with Crippen LogP contribution < -0.4 is 11.1 Å². The fraction of sp³-hybridized carbons (Fsp3) is 0.462. The molecule has 0 saturated carbocycles. The van der Waals surface area contributed by atoms with Gasteiger partial charge in [-0.15, -0.1) is 0 Å². The van der Waals surface area contributed by atoms with Crippen LogP contribution in [0.5, 0.6) is 0 Å². The number of hydrogen-bond acceptors (Lipinski definition) is 2. The van der Waals surface area contributed by atoms with Crippen LogP contribution in [0.25, 0.3) is 0 Å². The highest BCUT2D eigenvalue weighted by atomic mass is 19.1. The number of anilines is 1. The molecule has 100 valence electrons. The molecule has 1 unspecified atom stereocenters. The van der Waals surface area contributed by atoms with Crippen molar-refractivity contribution in [1.29, 1.82) is 0 Å². The summed E-state index contributed by atoms with van der Waals surface area (Å²) in [5.74, 6) is -1.69. The lowest BCUT2D eigenvalue weighted by molar-refractivity contribution is -0.116. The van der Waals surface area contributed by atoms with Crippen molar-refractivity contribution in [2.75, 3.05) is 11.9 Å². The predicted octanol–water partition coefficient (Wildman–Crippen LogP) is 2.59. The zero-order valence-electron chi connectivity index (χ0n) is 10.6. The van der Waals surface area contributed by atoms with Crippen molar-refractivity contribution in [3.63, 3.8) is 0 Å². The Morgan fingerprint density at radius 3 is 2.72 bits per heavy atom. The zero-order valence-corrected chi connectivity index (χ0v) is 10.6. The zero-order chi connectivity index (χ0) is 13.7. The first kappa shape index (κ1) is 14.6. The second kappa shape index (κ2) is 6.44. The maximum atomic E-state index is 13.6. The van der Waals surface area contributed by atoms with Crippen LogP contribution >= 0.6 is 0 Å². The molecule has 0 radical (unpaired) electrons. The van der Waals surface area contributed by atoms with Crippen LogP contribution in [-0.4, -0.2) is 12.5 Å². The molecule has 0 aliphatic heterocycles. The van der Waals surface area contributed by atoms with E-state index in [4.69, 9.17) is 5.73 Å². The fourth-order valence-corrected chi connectivity index (χ4v) is 1.47. The minimum atomic E-state index is -0.765. The number of halogens is 2. The number of hydrogen-bond donors (Lipinski definition) is 2. The topological polar surface area (TPSA) is 55.1 Å². The second-order valence-corrected chi connectivity index (χ2v) is 4.48. The molecule has 0 bridgehead atoms. The first-order valence-corrected chi connectivity index (χ1v) is 5.90. The molecular formula is C13H18F2N2O. The van der Waals surface area contributed by atoms with Crippen LogP contribution in [-0.2, 0) is 4.79 Å². The molecule has 3 N–H and O–H groups in total. The number of nitrogens with one attached hydrogen (secondary N) is 1. The van der Waals surface area contributed by atoms with Gasteiger partial charge in [0.15, 0.2) is 5.82 Å². The van der Waals surface area contributed by atoms with E-state index in [0.717, 1.165) is 6.07 Å². The van der Waals surface area contributed by atoms with E-state index in [1.165, 1.54) is 13.0 Å².